The largest absolute Gasteiger partial charge is 0.326 e. The first-order valence-corrected chi connectivity index (χ1v) is 7.24. The molecular weight excluding hydrogens is 272 g/mol. The SMILES string of the molecule is CCC(C)NC1CCc2c(cccc2NC(C)=O)C1.Cl. The number of amides is 1. The minimum atomic E-state index is 0. The zero-order chi connectivity index (χ0) is 13.8. The van der Waals surface area contributed by atoms with Gasteiger partial charge in [0.05, 0.1) is 0 Å². The second-order valence-corrected chi connectivity index (χ2v) is 5.54. The van der Waals surface area contributed by atoms with Crippen LogP contribution in [0.5, 0.6) is 0 Å². The van der Waals surface area contributed by atoms with Crippen LogP contribution in [0.25, 0.3) is 0 Å². The second kappa shape index (κ2) is 7.65. The van der Waals surface area contributed by atoms with E-state index in [4.69, 9.17) is 0 Å². The van der Waals surface area contributed by atoms with Crippen molar-refractivity contribution in [3.8, 4) is 0 Å². The Morgan fingerprint density at radius 2 is 2.20 bits per heavy atom. The number of rotatable bonds is 4. The van der Waals surface area contributed by atoms with Crippen LogP contribution in [0.15, 0.2) is 18.2 Å². The highest BCUT2D eigenvalue weighted by molar-refractivity contribution is 5.89. The van der Waals surface area contributed by atoms with Crippen LogP contribution in [-0.4, -0.2) is 18.0 Å². The summed E-state index contributed by atoms with van der Waals surface area (Å²) in [5.41, 5.74) is 3.69. The molecule has 1 aliphatic carbocycles. The highest BCUT2D eigenvalue weighted by Crippen LogP contribution is 2.28. The second-order valence-electron chi connectivity index (χ2n) is 5.54. The van der Waals surface area contributed by atoms with Crippen molar-refractivity contribution in [2.24, 2.45) is 0 Å². The Hall–Kier alpha value is -1.06. The molecule has 0 aromatic heterocycles. The lowest BCUT2D eigenvalue weighted by atomic mass is 9.86. The molecule has 0 spiro atoms. The molecule has 0 fully saturated rings. The summed E-state index contributed by atoms with van der Waals surface area (Å²) < 4.78 is 0. The van der Waals surface area contributed by atoms with E-state index in [1.807, 2.05) is 12.1 Å². The third-order valence-electron chi connectivity index (χ3n) is 3.93. The molecule has 2 rings (SSSR count). The Kier molecular flexibility index (Phi) is 6.50. The molecule has 112 valence electrons. The highest BCUT2D eigenvalue weighted by Gasteiger charge is 2.21. The standard InChI is InChI=1S/C16H24N2O.ClH/c1-4-11(2)17-14-8-9-15-13(10-14)6-5-7-16(15)18-12(3)19;/h5-7,11,14,17H,4,8-10H2,1-3H3,(H,18,19);1H. The Balaban J connectivity index is 0.00000200. The average Bonchev–Trinajstić information content (AvgIpc) is 2.38. The number of benzene rings is 1. The molecule has 1 aromatic carbocycles. The number of halogens is 1. The first kappa shape index (κ1) is 17.0. The van der Waals surface area contributed by atoms with Gasteiger partial charge in [0.2, 0.25) is 5.91 Å². The smallest absolute Gasteiger partial charge is 0.221 e. The summed E-state index contributed by atoms with van der Waals surface area (Å²) in [4.78, 5) is 11.2. The minimum absolute atomic E-state index is 0. The number of anilines is 1. The van der Waals surface area contributed by atoms with Crippen LogP contribution < -0.4 is 10.6 Å². The van der Waals surface area contributed by atoms with Crippen molar-refractivity contribution in [1.29, 1.82) is 0 Å². The van der Waals surface area contributed by atoms with Gasteiger partial charge in [-0.05, 0) is 49.8 Å². The van der Waals surface area contributed by atoms with E-state index in [1.165, 1.54) is 11.1 Å². The fourth-order valence-electron chi connectivity index (χ4n) is 2.78. The summed E-state index contributed by atoms with van der Waals surface area (Å²) in [6.45, 7) is 6.02. The number of fused-ring (bicyclic) bond motifs is 1. The molecule has 2 atom stereocenters. The maximum absolute atomic E-state index is 11.2. The number of hydrogen-bond donors (Lipinski definition) is 2. The third-order valence-corrected chi connectivity index (χ3v) is 3.93. The van der Waals surface area contributed by atoms with E-state index >= 15 is 0 Å². The summed E-state index contributed by atoms with van der Waals surface area (Å²) in [7, 11) is 0. The van der Waals surface area contributed by atoms with Crippen molar-refractivity contribution < 1.29 is 4.79 Å². The predicted molar refractivity (Wildman–Crippen MR) is 86.7 cm³/mol. The summed E-state index contributed by atoms with van der Waals surface area (Å²) in [6.07, 6.45) is 4.41. The summed E-state index contributed by atoms with van der Waals surface area (Å²) >= 11 is 0. The fraction of sp³-hybridized carbons (Fsp3) is 0.562. The number of carbonyl (C=O) groups is 1. The number of nitrogens with one attached hydrogen (secondary N) is 2. The lowest BCUT2D eigenvalue weighted by Crippen LogP contribution is -2.40. The van der Waals surface area contributed by atoms with Gasteiger partial charge in [-0.3, -0.25) is 4.79 Å². The number of carbonyl (C=O) groups excluding carboxylic acids is 1. The maximum atomic E-state index is 11.2. The molecule has 1 aliphatic rings. The molecule has 1 aromatic rings. The monoisotopic (exact) mass is 296 g/mol. The lowest BCUT2D eigenvalue weighted by molar-refractivity contribution is -0.114. The van der Waals surface area contributed by atoms with Gasteiger partial charge in [-0.2, -0.15) is 0 Å². The fourth-order valence-corrected chi connectivity index (χ4v) is 2.78. The molecular formula is C16H25ClN2O. The molecule has 0 bridgehead atoms. The van der Waals surface area contributed by atoms with E-state index in [-0.39, 0.29) is 18.3 Å². The van der Waals surface area contributed by atoms with Gasteiger partial charge in [-0.1, -0.05) is 19.1 Å². The lowest BCUT2D eigenvalue weighted by Gasteiger charge is -2.29. The van der Waals surface area contributed by atoms with Gasteiger partial charge in [-0.25, -0.2) is 0 Å². The van der Waals surface area contributed by atoms with E-state index < -0.39 is 0 Å². The van der Waals surface area contributed by atoms with Gasteiger partial charge >= 0.3 is 0 Å². The molecule has 20 heavy (non-hydrogen) atoms. The van der Waals surface area contributed by atoms with E-state index in [1.54, 1.807) is 6.92 Å². The highest BCUT2D eigenvalue weighted by atomic mass is 35.5. The van der Waals surface area contributed by atoms with Crippen molar-refractivity contribution >= 4 is 24.0 Å². The Morgan fingerprint density at radius 1 is 1.45 bits per heavy atom. The van der Waals surface area contributed by atoms with Crippen molar-refractivity contribution in [2.75, 3.05) is 5.32 Å². The normalized spacial score (nSPS) is 18.6. The van der Waals surface area contributed by atoms with Gasteiger partial charge in [0, 0.05) is 24.7 Å². The van der Waals surface area contributed by atoms with Gasteiger partial charge < -0.3 is 10.6 Å². The van der Waals surface area contributed by atoms with Crippen LogP contribution in [0.3, 0.4) is 0 Å². The van der Waals surface area contributed by atoms with Crippen molar-refractivity contribution in [3.05, 3.63) is 29.3 Å². The molecule has 1 amide bonds. The minimum Gasteiger partial charge on any atom is -0.326 e. The van der Waals surface area contributed by atoms with Crippen LogP contribution >= 0.6 is 12.4 Å². The molecule has 0 heterocycles. The molecule has 0 saturated carbocycles. The Morgan fingerprint density at radius 3 is 2.85 bits per heavy atom. The summed E-state index contributed by atoms with van der Waals surface area (Å²) in [5.74, 6) is 0.00764. The van der Waals surface area contributed by atoms with E-state index in [9.17, 15) is 4.79 Å². The van der Waals surface area contributed by atoms with Crippen molar-refractivity contribution in [2.45, 2.75) is 58.5 Å². The van der Waals surface area contributed by atoms with Gasteiger partial charge in [0.1, 0.15) is 0 Å². The first-order valence-electron chi connectivity index (χ1n) is 7.24. The summed E-state index contributed by atoms with van der Waals surface area (Å²) in [5, 5.41) is 6.62. The van der Waals surface area contributed by atoms with Crippen LogP contribution in [0, 0.1) is 0 Å². The zero-order valence-electron chi connectivity index (χ0n) is 12.5. The van der Waals surface area contributed by atoms with Gasteiger partial charge in [0.15, 0.2) is 0 Å². The molecule has 0 saturated heterocycles. The molecule has 2 unspecified atom stereocenters. The Labute approximate surface area is 127 Å². The summed E-state index contributed by atoms with van der Waals surface area (Å²) in [6, 6.07) is 7.36. The predicted octanol–water partition coefficient (Wildman–Crippen LogP) is 3.31. The van der Waals surface area contributed by atoms with Crippen LogP contribution in [0.1, 0.15) is 44.7 Å². The van der Waals surface area contributed by atoms with Crippen molar-refractivity contribution in [1.82, 2.24) is 5.32 Å². The maximum Gasteiger partial charge on any atom is 0.221 e. The van der Waals surface area contributed by atoms with Gasteiger partial charge in [-0.15, -0.1) is 12.4 Å². The molecule has 3 nitrogen and oxygen atoms in total. The van der Waals surface area contributed by atoms with E-state index in [0.29, 0.717) is 12.1 Å². The molecule has 0 radical (unpaired) electrons. The van der Waals surface area contributed by atoms with E-state index in [0.717, 1.165) is 31.4 Å². The van der Waals surface area contributed by atoms with Crippen LogP contribution in [-0.2, 0) is 17.6 Å². The average molecular weight is 297 g/mol. The van der Waals surface area contributed by atoms with E-state index in [2.05, 4.69) is 30.5 Å². The molecule has 2 N–H and O–H groups in total. The topological polar surface area (TPSA) is 41.1 Å². The van der Waals surface area contributed by atoms with Gasteiger partial charge in [0.25, 0.3) is 0 Å². The molecule has 4 heteroatoms. The molecule has 0 aliphatic heterocycles. The first-order chi connectivity index (χ1) is 9.10. The Bertz CT molecular complexity index is 462. The quantitative estimate of drug-likeness (QED) is 0.895. The zero-order valence-corrected chi connectivity index (χ0v) is 13.3. The van der Waals surface area contributed by atoms with Crippen LogP contribution in [0.4, 0.5) is 5.69 Å². The van der Waals surface area contributed by atoms with Crippen LogP contribution in [0.2, 0.25) is 0 Å². The number of hydrogen-bond acceptors (Lipinski definition) is 2. The third kappa shape index (κ3) is 4.22. The van der Waals surface area contributed by atoms with Crippen molar-refractivity contribution in [3.63, 3.8) is 0 Å².